The van der Waals surface area contributed by atoms with Crippen LogP contribution >= 0.6 is 0 Å². The van der Waals surface area contributed by atoms with Gasteiger partial charge in [0.05, 0.1) is 17.8 Å². The molecule has 3 saturated heterocycles. The lowest BCUT2D eigenvalue weighted by atomic mass is 9.80. The number of piperidine rings is 2. The Balaban J connectivity index is 1.18. The molecular weight excluding hydrogens is 584 g/mol. The summed E-state index contributed by atoms with van der Waals surface area (Å²) in [5, 5.41) is 18.6. The molecule has 3 fully saturated rings. The molecule has 1 aromatic carbocycles. The van der Waals surface area contributed by atoms with Gasteiger partial charge in [-0.3, -0.25) is 19.2 Å². The predicted octanol–water partition coefficient (Wildman–Crippen LogP) is 3.95. The number of nitrogens with one attached hydrogen (secondary N) is 1. The topological polar surface area (TPSA) is 120 Å². The van der Waals surface area contributed by atoms with E-state index in [1.807, 2.05) is 44.2 Å². The molecule has 0 radical (unpaired) electrons. The molecule has 3 aliphatic heterocycles. The van der Waals surface area contributed by atoms with Crippen molar-refractivity contribution in [3.8, 4) is 0 Å². The molecule has 2 N–H and O–H groups in total. The highest BCUT2D eigenvalue weighted by Crippen LogP contribution is 2.35. The van der Waals surface area contributed by atoms with Gasteiger partial charge in [-0.15, -0.1) is 0 Å². The summed E-state index contributed by atoms with van der Waals surface area (Å²) in [6, 6.07) is 9.05. The van der Waals surface area contributed by atoms with E-state index in [9.17, 15) is 19.5 Å². The number of hydrogen-bond acceptors (Lipinski definition) is 7. The van der Waals surface area contributed by atoms with Crippen molar-refractivity contribution in [3.63, 3.8) is 0 Å². The van der Waals surface area contributed by atoms with Crippen LogP contribution in [0.3, 0.4) is 0 Å². The summed E-state index contributed by atoms with van der Waals surface area (Å²) in [5.74, 6) is -0.436. The fourth-order valence-electron chi connectivity index (χ4n) is 7.28. The number of ether oxygens (including phenoxy) is 1. The Bertz CT molecular complexity index is 1360. The zero-order valence-electron chi connectivity index (χ0n) is 28.2. The number of amides is 3. The molecule has 1 spiro atoms. The summed E-state index contributed by atoms with van der Waals surface area (Å²) in [4.78, 5) is 45.9. The molecule has 5 rings (SSSR count). The van der Waals surface area contributed by atoms with Gasteiger partial charge in [-0.1, -0.05) is 57.5 Å². The van der Waals surface area contributed by atoms with Crippen LogP contribution in [0.4, 0.5) is 4.79 Å². The largest absolute Gasteiger partial charge is 0.445 e. The van der Waals surface area contributed by atoms with Crippen LogP contribution in [0.2, 0.25) is 0 Å². The molecule has 2 aromatic rings. The summed E-state index contributed by atoms with van der Waals surface area (Å²) in [6.45, 7) is 14.2. The van der Waals surface area contributed by atoms with E-state index in [1.54, 1.807) is 9.80 Å². The number of piperazine rings is 1. The van der Waals surface area contributed by atoms with E-state index in [-0.39, 0.29) is 36.5 Å². The van der Waals surface area contributed by atoms with E-state index in [2.05, 4.69) is 35.7 Å². The van der Waals surface area contributed by atoms with Gasteiger partial charge >= 0.3 is 6.09 Å². The minimum atomic E-state index is -0.916. The van der Waals surface area contributed by atoms with Crippen molar-refractivity contribution in [3.05, 3.63) is 52.8 Å². The number of likely N-dealkylation sites (tertiary alicyclic amines) is 2. The van der Waals surface area contributed by atoms with Gasteiger partial charge in [0.25, 0.3) is 0 Å². The van der Waals surface area contributed by atoms with Crippen molar-refractivity contribution >= 4 is 17.9 Å². The molecule has 0 aliphatic carbocycles. The number of aliphatic hydroxyl groups excluding tert-OH is 1. The van der Waals surface area contributed by atoms with Gasteiger partial charge in [0.2, 0.25) is 11.8 Å². The first-order chi connectivity index (χ1) is 22.1. The second-order valence-corrected chi connectivity index (χ2v) is 13.7. The third-order valence-electron chi connectivity index (χ3n) is 10.3. The zero-order chi connectivity index (χ0) is 33.0. The number of carbonyl (C=O) groups is 3. The number of aryl methyl sites for hydroxylation is 1. The van der Waals surface area contributed by atoms with Crippen LogP contribution in [-0.4, -0.2) is 97.9 Å². The molecule has 4 heterocycles. The first-order valence-corrected chi connectivity index (χ1v) is 17.1. The van der Waals surface area contributed by atoms with E-state index in [0.717, 1.165) is 49.2 Å². The molecule has 0 saturated carbocycles. The first kappa shape index (κ1) is 33.9. The van der Waals surface area contributed by atoms with Crippen molar-refractivity contribution < 1.29 is 24.2 Å². The number of hydrogen-bond donors (Lipinski definition) is 2. The Kier molecular flexibility index (Phi) is 10.7. The van der Waals surface area contributed by atoms with E-state index in [4.69, 9.17) is 9.84 Å². The maximum atomic E-state index is 13.7. The lowest BCUT2D eigenvalue weighted by Gasteiger charge is -2.52. The second kappa shape index (κ2) is 14.5. The Morgan fingerprint density at radius 1 is 1.09 bits per heavy atom. The van der Waals surface area contributed by atoms with Crippen molar-refractivity contribution in [1.82, 2.24) is 29.8 Å². The number of carbonyl (C=O) groups excluding carboxylic acids is 3. The van der Waals surface area contributed by atoms with E-state index in [1.165, 1.54) is 5.56 Å². The van der Waals surface area contributed by atoms with Crippen LogP contribution in [0, 0.1) is 19.8 Å². The number of aromatic nitrogens is 2. The van der Waals surface area contributed by atoms with Crippen molar-refractivity contribution in [2.75, 3.05) is 32.7 Å². The Labute approximate surface area is 273 Å². The third-order valence-corrected chi connectivity index (χ3v) is 10.3. The standard InChI is InChI=1S/C35H52N6O5/c1-6-7-17-40-32(43)30(31(42)24(2)3)36-33(44)35(40)15-20-38(21-16-35)22-29-25(4)37-41(26(29)5)28-13-18-39(19-14-28)34(45)46-23-27-11-9-8-10-12-27/h8-12,24,28,30-31,42H,6-7,13-23H2,1-5H3,(H,36,44)/t30-,31-/m1/s1. The van der Waals surface area contributed by atoms with Gasteiger partial charge in [0.1, 0.15) is 18.2 Å². The summed E-state index contributed by atoms with van der Waals surface area (Å²) in [5.41, 5.74) is 3.45. The van der Waals surface area contributed by atoms with Gasteiger partial charge in [0, 0.05) is 50.5 Å². The molecule has 0 bridgehead atoms. The maximum Gasteiger partial charge on any atom is 0.410 e. The molecule has 252 valence electrons. The van der Waals surface area contributed by atoms with Crippen LogP contribution in [0.5, 0.6) is 0 Å². The van der Waals surface area contributed by atoms with Crippen LogP contribution in [0.1, 0.15) is 87.9 Å². The van der Waals surface area contributed by atoms with Crippen LogP contribution < -0.4 is 5.32 Å². The summed E-state index contributed by atoms with van der Waals surface area (Å²) >= 11 is 0. The Hall–Kier alpha value is -3.44. The lowest BCUT2D eigenvalue weighted by Crippen LogP contribution is -2.74. The summed E-state index contributed by atoms with van der Waals surface area (Å²) < 4.78 is 7.69. The Morgan fingerprint density at radius 3 is 2.39 bits per heavy atom. The number of aliphatic hydroxyl groups is 1. The molecule has 3 amide bonds. The highest BCUT2D eigenvalue weighted by molar-refractivity contribution is 6.00. The average Bonchev–Trinajstić information content (AvgIpc) is 3.34. The van der Waals surface area contributed by atoms with Crippen LogP contribution in [0.25, 0.3) is 0 Å². The van der Waals surface area contributed by atoms with Crippen molar-refractivity contribution in [1.29, 1.82) is 0 Å². The quantitative estimate of drug-likeness (QED) is 0.405. The number of unbranched alkanes of at least 4 members (excludes halogenated alkanes) is 1. The highest BCUT2D eigenvalue weighted by atomic mass is 16.6. The van der Waals surface area contributed by atoms with Gasteiger partial charge in [0.15, 0.2) is 0 Å². The van der Waals surface area contributed by atoms with Gasteiger partial charge in [-0.05, 0) is 57.4 Å². The molecular formula is C35H52N6O5. The maximum absolute atomic E-state index is 13.7. The highest BCUT2D eigenvalue weighted by Gasteiger charge is 2.54. The SMILES string of the molecule is CCCCN1C(=O)[C@@H]([C@H](O)C(C)C)NC(=O)C12CCN(Cc1c(C)nn(C3CCN(C(=O)OCc4ccccc4)CC3)c1C)CC2. The Morgan fingerprint density at radius 2 is 1.76 bits per heavy atom. The molecule has 3 aliphatic rings. The van der Waals surface area contributed by atoms with Gasteiger partial charge in [-0.25, -0.2) is 4.79 Å². The van der Waals surface area contributed by atoms with Crippen molar-refractivity contribution in [2.24, 2.45) is 5.92 Å². The molecule has 11 heteroatoms. The fourth-order valence-corrected chi connectivity index (χ4v) is 7.28. The van der Waals surface area contributed by atoms with Gasteiger partial charge in [-0.2, -0.15) is 5.10 Å². The third kappa shape index (κ3) is 6.95. The predicted molar refractivity (Wildman–Crippen MR) is 175 cm³/mol. The molecule has 11 nitrogen and oxygen atoms in total. The summed E-state index contributed by atoms with van der Waals surface area (Å²) in [6.07, 6.45) is 3.31. The minimum absolute atomic E-state index is 0.136. The molecule has 46 heavy (non-hydrogen) atoms. The van der Waals surface area contributed by atoms with Crippen LogP contribution in [0.15, 0.2) is 30.3 Å². The van der Waals surface area contributed by atoms with Crippen LogP contribution in [-0.2, 0) is 27.5 Å². The number of nitrogens with zero attached hydrogens (tertiary/aromatic N) is 5. The zero-order valence-corrected chi connectivity index (χ0v) is 28.2. The van der Waals surface area contributed by atoms with Crippen molar-refractivity contribution in [2.45, 2.75) is 110 Å². The lowest BCUT2D eigenvalue weighted by molar-refractivity contribution is -0.165. The van der Waals surface area contributed by atoms with E-state index in [0.29, 0.717) is 45.6 Å². The first-order valence-electron chi connectivity index (χ1n) is 17.1. The summed E-state index contributed by atoms with van der Waals surface area (Å²) in [7, 11) is 0. The molecule has 1 aromatic heterocycles. The smallest absolute Gasteiger partial charge is 0.410 e. The van der Waals surface area contributed by atoms with E-state index >= 15 is 0 Å². The normalized spacial score (nSPS) is 21.6. The average molecular weight is 637 g/mol. The monoisotopic (exact) mass is 636 g/mol. The second-order valence-electron chi connectivity index (χ2n) is 13.7. The molecule has 0 unspecified atom stereocenters. The van der Waals surface area contributed by atoms with E-state index < -0.39 is 17.7 Å². The number of rotatable bonds is 10. The number of benzene rings is 1. The van der Waals surface area contributed by atoms with Gasteiger partial charge < -0.3 is 25.0 Å². The fraction of sp³-hybridized carbons (Fsp3) is 0.657. The molecule has 2 atom stereocenters. The minimum Gasteiger partial charge on any atom is -0.445 e.